The van der Waals surface area contributed by atoms with Gasteiger partial charge in [0.25, 0.3) is 5.91 Å². The Hall–Kier alpha value is -2.57. The lowest BCUT2D eigenvalue weighted by atomic mass is 10.2. The number of aryl methyl sites for hydroxylation is 1. The molecule has 1 atom stereocenters. The molecule has 0 unspecified atom stereocenters. The monoisotopic (exact) mass is 364 g/mol. The van der Waals surface area contributed by atoms with E-state index in [1.54, 1.807) is 32.9 Å². The summed E-state index contributed by atoms with van der Waals surface area (Å²) in [7, 11) is 0. The third-order valence-corrected chi connectivity index (χ3v) is 3.22. The molecule has 0 radical (unpaired) electrons. The van der Waals surface area contributed by atoms with Crippen molar-refractivity contribution in [3.63, 3.8) is 0 Å². The number of carbonyl (C=O) groups excluding carboxylic acids is 3. The zero-order chi connectivity index (χ0) is 19.7. The van der Waals surface area contributed by atoms with Gasteiger partial charge in [-0.1, -0.05) is 17.7 Å². The second kappa shape index (κ2) is 9.79. The summed E-state index contributed by atoms with van der Waals surface area (Å²) in [4.78, 5) is 35.3. The highest BCUT2D eigenvalue weighted by molar-refractivity contribution is 5.95. The summed E-state index contributed by atoms with van der Waals surface area (Å²) in [6.45, 7) is 9.06. The average molecular weight is 364 g/mol. The molecule has 0 bridgehead atoms. The van der Waals surface area contributed by atoms with E-state index in [2.05, 4.69) is 10.6 Å². The van der Waals surface area contributed by atoms with Gasteiger partial charge in [-0.05, 0) is 53.2 Å². The topological polar surface area (TPSA) is 93.7 Å². The van der Waals surface area contributed by atoms with Gasteiger partial charge in [0.15, 0.2) is 6.10 Å². The van der Waals surface area contributed by atoms with E-state index in [9.17, 15) is 14.4 Å². The normalized spacial score (nSPS) is 12.0. The number of anilines is 1. The fourth-order valence-electron chi connectivity index (χ4n) is 1.93. The highest BCUT2D eigenvalue weighted by Gasteiger charge is 2.18. The van der Waals surface area contributed by atoms with E-state index in [1.807, 2.05) is 19.1 Å². The first-order valence-corrected chi connectivity index (χ1v) is 8.60. The van der Waals surface area contributed by atoms with Crippen LogP contribution in [0.2, 0.25) is 0 Å². The maximum Gasteiger partial charge on any atom is 0.407 e. The average Bonchev–Trinajstić information content (AvgIpc) is 2.52. The first-order valence-electron chi connectivity index (χ1n) is 8.60. The molecule has 0 aromatic heterocycles. The Morgan fingerprint density at radius 1 is 1.12 bits per heavy atom. The third-order valence-electron chi connectivity index (χ3n) is 3.22. The quantitative estimate of drug-likeness (QED) is 0.572. The van der Waals surface area contributed by atoms with Gasteiger partial charge in [0.2, 0.25) is 0 Å². The molecule has 144 valence electrons. The predicted molar refractivity (Wildman–Crippen MR) is 98.8 cm³/mol. The van der Waals surface area contributed by atoms with Crippen molar-refractivity contribution in [2.45, 2.75) is 59.2 Å². The van der Waals surface area contributed by atoms with E-state index in [4.69, 9.17) is 9.47 Å². The van der Waals surface area contributed by atoms with Crippen molar-refractivity contribution >= 4 is 23.7 Å². The molecular weight excluding hydrogens is 336 g/mol. The second-order valence-corrected chi connectivity index (χ2v) is 7.02. The van der Waals surface area contributed by atoms with E-state index < -0.39 is 29.7 Å². The largest absolute Gasteiger partial charge is 0.453 e. The van der Waals surface area contributed by atoms with E-state index in [0.717, 1.165) is 5.56 Å². The van der Waals surface area contributed by atoms with Gasteiger partial charge in [-0.3, -0.25) is 9.59 Å². The van der Waals surface area contributed by atoms with Crippen molar-refractivity contribution in [1.82, 2.24) is 5.32 Å². The first kappa shape index (κ1) is 21.5. The third kappa shape index (κ3) is 9.05. The van der Waals surface area contributed by atoms with Crippen LogP contribution in [0, 0.1) is 6.92 Å². The number of ether oxygens (including phenoxy) is 2. The molecule has 0 saturated heterocycles. The molecule has 0 heterocycles. The van der Waals surface area contributed by atoms with Crippen molar-refractivity contribution in [1.29, 1.82) is 0 Å². The van der Waals surface area contributed by atoms with Crippen LogP contribution < -0.4 is 10.6 Å². The van der Waals surface area contributed by atoms with Crippen LogP contribution in [0.1, 0.15) is 46.1 Å². The van der Waals surface area contributed by atoms with Gasteiger partial charge >= 0.3 is 12.1 Å². The zero-order valence-corrected chi connectivity index (χ0v) is 16.0. The van der Waals surface area contributed by atoms with Crippen LogP contribution in [0.15, 0.2) is 24.3 Å². The summed E-state index contributed by atoms with van der Waals surface area (Å²) in [5.41, 5.74) is 1.16. The molecule has 1 aromatic rings. The molecule has 26 heavy (non-hydrogen) atoms. The Morgan fingerprint density at radius 3 is 2.31 bits per heavy atom. The van der Waals surface area contributed by atoms with Crippen LogP contribution in [-0.2, 0) is 19.1 Å². The van der Waals surface area contributed by atoms with Crippen LogP contribution >= 0.6 is 0 Å². The smallest absolute Gasteiger partial charge is 0.407 e. The molecular formula is C19H28N2O5. The Bertz CT molecular complexity index is 620. The number of carbonyl (C=O) groups is 3. The van der Waals surface area contributed by atoms with Crippen LogP contribution in [0.3, 0.4) is 0 Å². The van der Waals surface area contributed by atoms with Gasteiger partial charge in [-0.2, -0.15) is 0 Å². The number of rotatable bonds is 7. The standard InChI is InChI=1S/C19H28N2O5/c1-13-8-10-15(11-9-13)21-17(23)14(2)25-16(22)7-6-12-20-18(24)26-19(3,4)5/h8-11,14H,6-7,12H2,1-5H3,(H,20,24)(H,21,23)/t14-/m0/s1. The number of hydrogen-bond donors (Lipinski definition) is 2. The summed E-state index contributed by atoms with van der Waals surface area (Å²) in [6, 6.07) is 7.32. The lowest BCUT2D eigenvalue weighted by molar-refractivity contribution is -0.153. The van der Waals surface area contributed by atoms with Gasteiger partial charge in [0, 0.05) is 18.7 Å². The Balaban J connectivity index is 2.26. The molecule has 0 spiro atoms. The minimum Gasteiger partial charge on any atom is -0.453 e. The van der Waals surface area contributed by atoms with E-state index in [1.165, 1.54) is 6.92 Å². The number of hydrogen-bond acceptors (Lipinski definition) is 5. The van der Waals surface area contributed by atoms with Gasteiger partial charge in [-0.15, -0.1) is 0 Å². The predicted octanol–water partition coefficient (Wildman–Crippen LogP) is 3.17. The first-order chi connectivity index (χ1) is 12.1. The number of amides is 2. The van der Waals surface area contributed by atoms with E-state index in [-0.39, 0.29) is 13.0 Å². The molecule has 0 fully saturated rings. The number of nitrogens with one attached hydrogen (secondary N) is 2. The zero-order valence-electron chi connectivity index (χ0n) is 16.0. The molecule has 0 aliphatic carbocycles. The molecule has 2 N–H and O–H groups in total. The van der Waals surface area contributed by atoms with E-state index in [0.29, 0.717) is 12.1 Å². The molecule has 0 saturated carbocycles. The highest BCUT2D eigenvalue weighted by atomic mass is 16.6. The fourth-order valence-corrected chi connectivity index (χ4v) is 1.93. The van der Waals surface area contributed by atoms with Crippen LogP contribution in [0.5, 0.6) is 0 Å². The molecule has 0 aliphatic heterocycles. The van der Waals surface area contributed by atoms with Gasteiger partial charge < -0.3 is 20.1 Å². The van der Waals surface area contributed by atoms with Gasteiger partial charge in [0.05, 0.1) is 0 Å². The molecule has 7 nitrogen and oxygen atoms in total. The molecule has 2 amide bonds. The van der Waals surface area contributed by atoms with Gasteiger partial charge in [-0.25, -0.2) is 4.79 Å². The van der Waals surface area contributed by atoms with Crippen molar-refractivity contribution in [3.05, 3.63) is 29.8 Å². The summed E-state index contributed by atoms with van der Waals surface area (Å²) in [5, 5.41) is 5.25. The fraction of sp³-hybridized carbons (Fsp3) is 0.526. The lowest BCUT2D eigenvalue weighted by Crippen LogP contribution is -2.33. The molecule has 0 aliphatic rings. The van der Waals surface area contributed by atoms with Crippen LogP contribution in [-0.4, -0.2) is 36.2 Å². The highest BCUT2D eigenvalue weighted by Crippen LogP contribution is 2.10. The lowest BCUT2D eigenvalue weighted by Gasteiger charge is -2.19. The minimum atomic E-state index is -0.900. The van der Waals surface area contributed by atoms with Crippen LogP contribution in [0.4, 0.5) is 10.5 Å². The maximum atomic E-state index is 12.0. The molecule has 7 heteroatoms. The SMILES string of the molecule is Cc1ccc(NC(=O)[C@H](C)OC(=O)CCCNC(=O)OC(C)(C)C)cc1. The van der Waals surface area contributed by atoms with Crippen molar-refractivity contribution in [2.24, 2.45) is 0 Å². The Labute approximate surface area is 154 Å². The minimum absolute atomic E-state index is 0.0952. The van der Waals surface area contributed by atoms with Gasteiger partial charge in [0.1, 0.15) is 5.60 Å². The summed E-state index contributed by atoms with van der Waals surface area (Å²) in [5.74, 6) is -0.892. The van der Waals surface area contributed by atoms with Crippen molar-refractivity contribution < 1.29 is 23.9 Å². The van der Waals surface area contributed by atoms with Crippen molar-refractivity contribution in [2.75, 3.05) is 11.9 Å². The summed E-state index contributed by atoms with van der Waals surface area (Å²) in [6.07, 6.45) is -0.943. The number of alkyl carbamates (subject to hydrolysis) is 1. The summed E-state index contributed by atoms with van der Waals surface area (Å²) >= 11 is 0. The molecule has 1 aromatic carbocycles. The van der Waals surface area contributed by atoms with Crippen molar-refractivity contribution in [3.8, 4) is 0 Å². The maximum absolute atomic E-state index is 12.0. The number of benzene rings is 1. The molecule has 1 rings (SSSR count). The second-order valence-electron chi connectivity index (χ2n) is 7.02. The van der Waals surface area contributed by atoms with Crippen LogP contribution in [0.25, 0.3) is 0 Å². The van der Waals surface area contributed by atoms with E-state index >= 15 is 0 Å². The summed E-state index contributed by atoms with van der Waals surface area (Å²) < 4.78 is 10.2. The Kier molecular flexibility index (Phi) is 8.09. The number of esters is 1. The Morgan fingerprint density at radius 2 is 1.73 bits per heavy atom.